The Morgan fingerprint density at radius 3 is 2.46 bits per heavy atom. The summed E-state index contributed by atoms with van der Waals surface area (Å²) >= 11 is -1.29. The van der Waals surface area contributed by atoms with Gasteiger partial charge >= 0.3 is 6.61 Å². The summed E-state index contributed by atoms with van der Waals surface area (Å²) in [7, 11) is 0. The Morgan fingerprint density at radius 1 is 1.02 bits per heavy atom. The fourth-order valence-corrected chi connectivity index (χ4v) is 5.82. The highest BCUT2D eigenvalue weighted by atomic mass is 32.2. The van der Waals surface area contributed by atoms with Crippen molar-refractivity contribution in [2.45, 2.75) is 57.4 Å². The lowest BCUT2D eigenvalue weighted by atomic mass is 10.0. The smallest absolute Gasteiger partial charge is 0.387 e. The Labute approximate surface area is 271 Å². The molecule has 4 aromatic rings. The molecule has 0 aliphatic carbocycles. The van der Waals surface area contributed by atoms with E-state index in [4.69, 9.17) is 14.2 Å². The van der Waals surface area contributed by atoms with Gasteiger partial charge in [-0.1, -0.05) is 31.5 Å². The van der Waals surface area contributed by atoms with Crippen molar-refractivity contribution in [2.75, 3.05) is 25.1 Å². The molecule has 3 aromatic carbocycles. The van der Waals surface area contributed by atoms with Crippen LogP contribution in [0.1, 0.15) is 43.6 Å². The van der Waals surface area contributed by atoms with Gasteiger partial charge in [-0.3, -0.25) is 4.79 Å². The van der Waals surface area contributed by atoms with E-state index < -0.39 is 23.7 Å². The Bertz CT molecular complexity index is 1580. The van der Waals surface area contributed by atoms with Crippen molar-refractivity contribution in [3.63, 3.8) is 0 Å². The third kappa shape index (κ3) is 10.2. The van der Waals surface area contributed by atoms with Gasteiger partial charge in [0.15, 0.2) is 10.6 Å². The first kappa shape index (κ1) is 34.7. The van der Waals surface area contributed by atoms with E-state index in [2.05, 4.69) is 17.2 Å². The SMILES string of the molecule is CCCCOCCOc1ccc(-c2ccc(OC(F)F)c(/C=C/C(=O)Nc3ccc([S+]([O-])Cc4c(C)ncn4CC)cc3)c2)cc1. The second-order valence-electron chi connectivity index (χ2n) is 10.4. The Balaban J connectivity index is 1.39. The molecule has 0 saturated heterocycles. The second-order valence-corrected chi connectivity index (χ2v) is 11.8. The van der Waals surface area contributed by atoms with Crippen LogP contribution in [0.15, 0.2) is 84.0 Å². The quantitative estimate of drug-likeness (QED) is 0.0716. The number of benzene rings is 3. The van der Waals surface area contributed by atoms with Gasteiger partial charge in [-0.15, -0.1) is 0 Å². The number of hydrogen-bond donors (Lipinski definition) is 1. The maximum atomic E-state index is 13.1. The molecule has 1 atom stereocenters. The van der Waals surface area contributed by atoms with Crippen LogP contribution < -0.4 is 14.8 Å². The first-order valence-electron chi connectivity index (χ1n) is 15.1. The molecule has 1 amide bonds. The summed E-state index contributed by atoms with van der Waals surface area (Å²) in [5, 5.41) is 2.74. The molecule has 1 unspecified atom stereocenters. The number of nitrogens with zero attached hydrogens (tertiary/aromatic N) is 2. The van der Waals surface area contributed by atoms with Crippen LogP contribution in [-0.2, 0) is 33.0 Å². The van der Waals surface area contributed by atoms with Crippen LogP contribution in [0.5, 0.6) is 11.5 Å². The van der Waals surface area contributed by atoms with Crippen LogP contribution in [0.25, 0.3) is 17.2 Å². The van der Waals surface area contributed by atoms with E-state index in [9.17, 15) is 18.1 Å². The molecule has 8 nitrogen and oxygen atoms in total. The minimum Gasteiger partial charge on any atom is -0.611 e. The summed E-state index contributed by atoms with van der Waals surface area (Å²) in [5.74, 6) is 0.501. The lowest BCUT2D eigenvalue weighted by Gasteiger charge is -2.13. The highest BCUT2D eigenvalue weighted by Gasteiger charge is 2.17. The van der Waals surface area contributed by atoms with Crippen molar-refractivity contribution in [3.8, 4) is 22.6 Å². The number of aromatic nitrogens is 2. The summed E-state index contributed by atoms with van der Waals surface area (Å²) in [6, 6.07) is 18.9. The highest BCUT2D eigenvalue weighted by molar-refractivity contribution is 7.90. The molecule has 0 spiro atoms. The molecule has 1 aromatic heterocycles. The number of carbonyl (C=O) groups is 1. The predicted octanol–water partition coefficient (Wildman–Crippen LogP) is 7.64. The summed E-state index contributed by atoms with van der Waals surface area (Å²) < 4.78 is 57.1. The number of ether oxygens (including phenoxy) is 3. The van der Waals surface area contributed by atoms with E-state index in [1.54, 1.807) is 42.7 Å². The molecule has 0 saturated carbocycles. The van der Waals surface area contributed by atoms with Gasteiger partial charge in [-0.05, 0) is 97.2 Å². The molecule has 0 fully saturated rings. The number of carbonyl (C=O) groups excluding carboxylic acids is 1. The van der Waals surface area contributed by atoms with Crippen molar-refractivity contribution in [1.29, 1.82) is 0 Å². The number of nitrogens with one attached hydrogen (secondary N) is 1. The molecule has 4 rings (SSSR count). The molecule has 244 valence electrons. The van der Waals surface area contributed by atoms with Crippen molar-refractivity contribution in [2.24, 2.45) is 0 Å². The molecule has 0 aliphatic heterocycles. The van der Waals surface area contributed by atoms with Crippen molar-refractivity contribution >= 4 is 28.8 Å². The number of imidazole rings is 1. The first-order valence-corrected chi connectivity index (χ1v) is 16.5. The third-order valence-corrected chi connectivity index (χ3v) is 8.45. The normalized spacial score (nSPS) is 12.1. The van der Waals surface area contributed by atoms with Crippen LogP contribution in [0.3, 0.4) is 0 Å². The van der Waals surface area contributed by atoms with E-state index >= 15 is 0 Å². The van der Waals surface area contributed by atoms with Crippen molar-refractivity contribution < 1.29 is 32.3 Å². The number of halogens is 2. The highest BCUT2D eigenvalue weighted by Crippen LogP contribution is 2.30. The zero-order chi connectivity index (χ0) is 32.9. The summed E-state index contributed by atoms with van der Waals surface area (Å²) in [6.45, 7) is 5.39. The number of rotatable bonds is 17. The molecule has 0 radical (unpaired) electrons. The number of alkyl halides is 2. The average molecular weight is 652 g/mol. The first-order chi connectivity index (χ1) is 22.3. The van der Waals surface area contributed by atoms with Crippen molar-refractivity contribution in [1.82, 2.24) is 9.55 Å². The summed E-state index contributed by atoms with van der Waals surface area (Å²) in [6.07, 6.45) is 6.51. The topological polar surface area (TPSA) is 97.7 Å². The van der Waals surface area contributed by atoms with Gasteiger partial charge in [0, 0.05) is 30.5 Å². The van der Waals surface area contributed by atoms with Crippen LogP contribution in [0, 0.1) is 6.92 Å². The van der Waals surface area contributed by atoms with Crippen LogP contribution >= 0.6 is 0 Å². The Hall–Kier alpha value is -4.19. The summed E-state index contributed by atoms with van der Waals surface area (Å²) in [4.78, 5) is 17.7. The van der Waals surface area contributed by atoms with Crippen LogP contribution in [-0.4, -0.2) is 46.4 Å². The number of anilines is 1. The predicted molar refractivity (Wildman–Crippen MR) is 177 cm³/mol. The molecular weight excluding hydrogens is 612 g/mol. The number of aryl methyl sites for hydroxylation is 2. The van der Waals surface area contributed by atoms with Gasteiger partial charge < -0.3 is 28.6 Å². The summed E-state index contributed by atoms with van der Waals surface area (Å²) in [5.41, 5.74) is 4.16. The lowest BCUT2D eigenvalue weighted by Crippen LogP contribution is -2.11. The van der Waals surface area contributed by atoms with Crippen LogP contribution in [0.4, 0.5) is 14.5 Å². The molecule has 0 aliphatic rings. The lowest BCUT2D eigenvalue weighted by molar-refractivity contribution is -0.111. The second kappa shape index (κ2) is 17.5. The van der Waals surface area contributed by atoms with E-state index in [1.807, 2.05) is 42.7 Å². The average Bonchev–Trinajstić information content (AvgIpc) is 3.41. The van der Waals surface area contributed by atoms with Crippen LogP contribution in [0.2, 0.25) is 0 Å². The Morgan fingerprint density at radius 2 is 1.76 bits per heavy atom. The molecule has 46 heavy (non-hydrogen) atoms. The fraction of sp³-hybridized carbons (Fsp3) is 0.314. The van der Waals surface area contributed by atoms with E-state index in [0.29, 0.717) is 47.5 Å². The number of unbranched alkanes of at least 4 members (excludes halogenated alkanes) is 1. The van der Waals surface area contributed by atoms with E-state index in [0.717, 1.165) is 41.9 Å². The van der Waals surface area contributed by atoms with Crippen molar-refractivity contribution in [3.05, 3.63) is 96.1 Å². The van der Waals surface area contributed by atoms with E-state index in [1.165, 1.54) is 18.2 Å². The van der Waals surface area contributed by atoms with Gasteiger partial charge in [0.05, 0.1) is 24.3 Å². The molecule has 1 N–H and O–H groups in total. The number of hydrogen-bond acceptors (Lipinski definition) is 6. The van der Waals surface area contributed by atoms with Gasteiger partial charge in [0.2, 0.25) is 5.91 Å². The minimum atomic E-state index is -3.02. The van der Waals surface area contributed by atoms with Gasteiger partial charge in [-0.25, -0.2) is 4.98 Å². The molecular formula is C35H39F2N3O5S. The monoisotopic (exact) mass is 651 g/mol. The maximum Gasteiger partial charge on any atom is 0.387 e. The van der Waals surface area contributed by atoms with Gasteiger partial charge in [-0.2, -0.15) is 8.78 Å². The van der Waals surface area contributed by atoms with Gasteiger partial charge in [0.1, 0.15) is 18.1 Å². The zero-order valence-corrected chi connectivity index (χ0v) is 27.0. The largest absolute Gasteiger partial charge is 0.611 e. The fourth-order valence-electron chi connectivity index (χ4n) is 4.59. The maximum absolute atomic E-state index is 13.1. The molecule has 1 heterocycles. The minimum absolute atomic E-state index is 0.0580. The van der Waals surface area contributed by atoms with Gasteiger partial charge in [0.25, 0.3) is 0 Å². The third-order valence-electron chi connectivity index (χ3n) is 7.11. The number of amides is 1. The standard InChI is InChI=1S/C35H39F2N3O5S/c1-4-6-19-43-20-21-44-30-13-7-26(8-14-30)27-9-17-33(45-35(36)37)28(22-27)10-18-34(41)39-29-11-15-31(16-12-29)46(42)23-32-25(3)38-24-40(32)5-2/h7-18,22,24,35H,4-6,19-21,23H2,1-3H3,(H,39,41)/b18-10+. The Kier molecular flexibility index (Phi) is 13.2. The van der Waals surface area contributed by atoms with E-state index in [-0.39, 0.29) is 5.75 Å². The molecule has 0 bridgehead atoms. The molecule has 11 heteroatoms. The zero-order valence-electron chi connectivity index (χ0n) is 26.2.